The van der Waals surface area contributed by atoms with Gasteiger partial charge in [-0.05, 0) is 25.5 Å². The van der Waals surface area contributed by atoms with Crippen LogP contribution in [0.1, 0.15) is 35.8 Å². The summed E-state index contributed by atoms with van der Waals surface area (Å²) in [6.07, 6.45) is 3.85. The predicted molar refractivity (Wildman–Crippen MR) is 103 cm³/mol. The maximum Gasteiger partial charge on any atom is 0.250 e. The van der Waals surface area contributed by atoms with Crippen LogP contribution in [0.3, 0.4) is 0 Å². The molecule has 3 aromatic rings. The van der Waals surface area contributed by atoms with Gasteiger partial charge in [-0.15, -0.1) is 11.3 Å². The number of nitrogens with zero attached hydrogens (tertiary/aromatic N) is 3. The van der Waals surface area contributed by atoms with Gasteiger partial charge in [-0.25, -0.2) is 9.97 Å². The van der Waals surface area contributed by atoms with E-state index in [1.165, 1.54) is 0 Å². The molecule has 0 saturated carbocycles. The largest absolute Gasteiger partial charge is 0.481 e. The van der Waals surface area contributed by atoms with Gasteiger partial charge >= 0.3 is 0 Å². The lowest BCUT2D eigenvalue weighted by atomic mass is 10.2. The minimum atomic E-state index is -0.409. The number of thiazole rings is 1. The van der Waals surface area contributed by atoms with Crippen molar-refractivity contribution < 1.29 is 9.53 Å². The van der Waals surface area contributed by atoms with E-state index in [1.54, 1.807) is 24.6 Å². The van der Waals surface area contributed by atoms with E-state index in [1.807, 2.05) is 30.5 Å². The molecule has 0 aliphatic heterocycles. The highest BCUT2D eigenvalue weighted by molar-refractivity contribution is 7.13. The van der Waals surface area contributed by atoms with Gasteiger partial charge in [0.05, 0.1) is 24.1 Å². The molecule has 3 heterocycles. The first-order valence-corrected chi connectivity index (χ1v) is 9.39. The summed E-state index contributed by atoms with van der Waals surface area (Å²) < 4.78 is 7.23. The monoisotopic (exact) mass is 370 g/mol. The molecule has 0 spiro atoms. The van der Waals surface area contributed by atoms with Gasteiger partial charge in [-0.2, -0.15) is 0 Å². The first kappa shape index (κ1) is 18.1. The van der Waals surface area contributed by atoms with Crippen LogP contribution in [-0.4, -0.2) is 27.6 Å². The molecular formula is C19H22N4O2S. The molecule has 3 aromatic heterocycles. The highest BCUT2D eigenvalue weighted by Crippen LogP contribution is 2.31. The average Bonchev–Trinajstić information content (AvgIpc) is 3.25. The SMILES string of the molecule is CCCCn1c(-c2csc(-c3ccc(OC)nc3)n2)cc(C(N)=O)c1C. The van der Waals surface area contributed by atoms with Crippen molar-refractivity contribution in [1.29, 1.82) is 0 Å². The van der Waals surface area contributed by atoms with Crippen LogP contribution < -0.4 is 10.5 Å². The Balaban J connectivity index is 1.99. The Bertz CT molecular complexity index is 912. The summed E-state index contributed by atoms with van der Waals surface area (Å²) in [5.41, 5.74) is 9.68. The summed E-state index contributed by atoms with van der Waals surface area (Å²) in [6, 6.07) is 5.60. The lowest BCUT2D eigenvalue weighted by molar-refractivity contribution is 0.0999. The second-order valence-corrected chi connectivity index (χ2v) is 6.88. The maximum absolute atomic E-state index is 11.8. The van der Waals surface area contributed by atoms with Crippen LogP contribution in [0.4, 0.5) is 0 Å². The van der Waals surface area contributed by atoms with Gasteiger partial charge in [0, 0.05) is 35.4 Å². The van der Waals surface area contributed by atoms with Gasteiger partial charge in [0.25, 0.3) is 5.91 Å². The Labute approximate surface area is 156 Å². The first-order chi connectivity index (χ1) is 12.5. The van der Waals surface area contributed by atoms with Crippen LogP contribution in [-0.2, 0) is 6.54 Å². The molecule has 0 radical (unpaired) electrons. The zero-order valence-corrected chi connectivity index (χ0v) is 16.0. The zero-order valence-electron chi connectivity index (χ0n) is 15.2. The Kier molecular flexibility index (Phi) is 5.37. The van der Waals surface area contributed by atoms with Crippen molar-refractivity contribution in [3.8, 4) is 27.8 Å². The number of primary amides is 1. The number of carbonyl (C=O) groups is 1. The summed E-state index contributed by atoms with van der Waals surface area (Å²) >= 11 is 1.55. The lowest BCUT2D eigenvalue weighted by Crippen LogP contribution is -2.12. The molecule has 0 aromatic carbocycles. The van der Waals surface area contributed by atoms with Crippen LogP contribution in [0.15, 0.2) is 29.8 Å². The smallest absolute Gasteiger partial charge is 0.250 e. The fourth-order valence-electron chi connectivity index (χ4n) is 2.86. The van der Waals surface area contributed by atoms with Crippen LogP contribution in [0.25, 0.3) is 22.0 Å². The molecule has 0 saturated heterocycles. The summed E-state index contributed by atoms with van der Waals surface area (Å²) in [5, 5.41) is 2.87. The molecule has 0 fully saturated rings. The number of unbranched alkanes of at least 4 members (excludes halogenated alkanes) is 1. The van der Waals surface area contributed by atoms with Crippen LogP contribution in [0.5, 0.6) is 5.88 Å². The molecule has 0 atom stereocenters. The van der Waals surface area contributed by atoms with E-state index in [9.17, 15) is 4.79 Å². The summed E-state index contributed by atoms with van der Waals surface area (Å²) in [5.74, 6) is 0.162. The van der Waals surface area contributed by atoms with Gasteiger partial charge in [-0.3, -0.25) is 4.79 Å². The number of ether oxygens (including phenoxy) is 1. The number of aromatic nitrogens is 3. The summed E-state index contributed by atoms with van der Waals surface area (Å²) in [7, 11) is 1.59. The van der Waals surface area contributed by atoms with Crippen LogP contribution in [0.2, 0.25) is 0 Å². The molecule has 0 bridgehead atoms. The van der Waals surface area contributed by atoms with E-state index in [4.69, 9.17) is 15.5 Å². The van der Waals surface area contributed by atoms with Crippen molar-refractivity contribution in [2.24, 2.45) is 5.73 Å². The minimum absolute atomic E-state index is 0.409. The van der Waals surface area contributed by atoms with Crippen LogP contribution in [0, 0.1) is 6.92 Å². The number of nitrogens with two attached hydrogens (primary N) is 1. The van der Waals surface area contributed by atoms with Crippen molar-refractivity contribution in [1.82, 2.24) is 14.5 Å². The Morgan fingerprint density at radius 1 is 1.38 bits per heavy atom. The van der Waals surface area contributed by atoms with E-state index < -0.39 is 5.91 Å². The Morgan fingerprint density at radius 3 is 2.81 bits per heavy atom. The zero-order chi connectivity index (χ0) is 18.7. The number of methoxy groups -OCH3 is 1. The van der Waals surface area contributed by atoms with E-state index in [0.717, 1.165) is 47.0 Å². The fraction of sp³-hybridized carbons (Fsp3) is 0.316. The number of carbonyl (C=O) groups excluding carboxylic acids is 1. The van der Waals surface area contributed by atoms with Crippen molar-refractivity contribution in [2.75, 3.05) is 7.11 Å². The topological polar surface area (TPSA) is 83.0 Å². The molecular weight excluding hydrogens is 348 g/mol. The quantitative estimate of drug-likeness (QED) is 0.684. The van der Waals surface area contributed by atoms with Crippen molar-refractivity contribution in [2.45, 2.75) is 33.2 Å². The second-order valence-electron chi connectivity index (χ2n) is 6.03. The van der Waals surface area contributed by atoms with Gasteiger partial charge in [0.15, 0.2) is 0 Å². The molecule has 136 valence electrons. The molecule has 3 rings (SSSR count). The molecule has 1 amide bonds. The summed E-state index contributed by atoms with van der Waals surface area (Å²) in [6.45, 7) is 4.91. The van der Waals surface area contributed by atoms with Gasteiger partial charge in [-0.1, -0.05) is 13.3 Å². The summed E-state index contributed by atoms with van der Waals surface area (Å²) in [4.78, 5) is 20.7. The molecule has 26 heavy (non-hydrogen) atoms. The highest BCUT2D eigenvalue weighted by Gasteiger charge is 2.18. The minimum Gasteiger partial charge on any atom is -0.481 e. The van der Waals surface area contributed by atoms with Gasteiger partial charge in [0.2, 0.25) is 5.88 Å². The molecule has 0 aliphatic carbocycles. The Morgan fingerprint density at radius 2 is 2.19 bits per heavy atom. The number of hydrogen-bond acceptors (Lipinski definition) is 5. The highest BCUT2D eigenvalue weighted by atomic mass is 32.1. The number of hydrogen-bond donors (Lipinski definition) is 1. The third kappa shape index (κ3) is 3.48. The van der Waals surface area contributed by atoms with Gasteiger partial charge < -0.3 is 15.0 Å². The molecule has 2 N–H and O–H groups in total. The van der Waals surface area contributed by atoms with E-state index in [2.05, 4.69) is 16.5 Å². The maximum atomic E-state index is 11.8. The van der Waals surface area contributed by atoms with Crippen LogP contribution >= 0.6 is 11.3 Å². The van der Waals surface area contributed by atoms with E-state index in [0.29, 0.717) is 11.4 Å². The molecule has 6 nitrogen and oxygen atoms in total. The fourth-order valence-corrected chi connectivity index (χ4v) is 3.67. The molecule has 7 heteroatoms. The number of pyridine rings is 1. The standard InChI is InChI=1S/C19H22N4O2S/c1-4-5-8-23-12(2)14(18(20)24)9-16(23)15-11-26-19(22-15)13-6-7-17(25-3)21-10-13/h6-7,9-11H,4-5,8H2,1-3H3,(H2,20,24). The first-order valence-electron chi connectivity index (χ1n) is 8.51. The van der Waals surface area contributed by atoms with Crippen molar-refractivity contribution in [3.63, 3.8) is 0 Å². The number of amides is 1. The number of rotatable bonds is 7. The average molecular weight is 370 g/mol. The third-order valence-corrected chi connectivity index (χ3v) is 5.22. The van der Waals surface area contributed by atoms with Gasteiger partial charge in [0.1, 0.15) is 5.01 Å². The van der Waals surface area contributed by atoms with E-state index >= 15 is 0 Å². The molecule has 0 aliphatic rings. The molecule has 0 unspecified atom stereocenters. The predicted octanol–water partition coefficient (Wildman–Crippen LogP) is 3.89. The lowest BCUT2D eigenvalue weighted by Gasteiger charge is -2.09. The normalized spacial score (nSPS) is 10.9. The van der Waals surface area contributed by atoms with Crippen molar-refractivity contribution >= 4 is 17.2 Å². The Hall–Kier alpha value is -2.67. The second kappa shape index (κ2) is 7.70. The van der Waals surface area contributed by atoms with Crippen molar-refractivity contribution in [3.05, 3.63) is 41.0 Å². The van der Waals surface area contributed by atoms with E-state index in [-0.39, 0.29) is 0 Å². The third-order valence-electron chi connectivity index (χ3n) is 4.33.